The lowest BCUT2D eigenvalue weighted by Gasteiger charge is -2.11. The predicted molar refractivity (Wildman–Crippen MR) is 79.7 cm³/mol. The average molecular weight is 338 g/mol. The van der Waals surface area contributed by atoms with Crippen molar-refractivity contribution < 1.29 is 14.3 Å². The third kappa shape index (κ3) is 2.47. The third-order valence-electron chi connectivity index (χ3n) is 3.91. The molecule has 0 atom stereocenters. The summed E-state index contributed by atoms with van der Waals surface area (Å²) in [6, 6.07) is 5.64. The number of aliphatic hydroxyl groups is 1. The molecule has 20 heavy (non-hydrogen) atoms. The lowest BCUT2D eigenvalue weighted by atomic mass is 10.1. The Bertz CT molecular complexity index is 673. The van der Waals surface area contributed by atoms with Crippen LogP contribution in [0.15, 0.2) is 27.1 Å². The molecule has 106 valence electrons. The second-order valence-corrected chi connectivity index (χ2v) is 6.51. The van der Waals surface area contributed by atoms with Gasteiger partial charge in [0.2, 0.25) is 0 Å². The molecule has 0 saturated heterocycles. The molecule has 3 rings (SSSR count). The first-order valence-corrected chi connectivity index (χ1v) is 7.41. The Kier molecular flexibility index (Phi) is 3.34. The second kappa shape index (κ2) is 4.90. The van der Waals surface area contributed by atoms with E-state index in [4.69, 9.17) is 4.42 Å². The molecule has 0 unspecified atom stereocenters. The first-order valence-electron chi connectivity index (χ1n) is 6.62. The van der Waals surface area contributed by atoms with Crippen molar-refractivity contribution in [2.45, 2.75) is 19.8 Å². The van der Waals surface area contributed by atoms with Crippen LogP contribution in [0.5, 0.6) is 0 Å². The van der Waals surface area contributed by atoms with Crippen molar-refractivity contribution in [1.82, 2.24) is 5.32 Å². The smallest absolute Gasteiger partial charge is 0.287 e. The summed E-state index contributed by atoms with van der Waals surface area (Å²) >= 11 is 3.43. The summed E-state index contributed by atoms with van der Waals surface area (Å²) in [5.41, 5.74) is 1.63. The van der Waals surface area contributed by atoms with E-state index in [1.54, 1.807) is 6.07 Å². The Morgan fingerprint density at radius 3 is 2.85 bits per heavy atom. The zero-order valence-corrected chi connectivity index (χ0v) is 12.8. The maximum absolute atomic E-state index is 12.1. The molecule has 1 aromatic carbocycles. The van der Waals surface area contributed by atoms with Gasteiger partial charge in [-0.25, -0.2) is 0 Å². The van der Waals surface area contributed by atoms with Crippen molar-refractivity contribution >= 4 is 32.8 Å². The van der Waals surface area contributed by atoms with E-state index in [1.807, 2.05) is 19.1 Å². The number of carbonyl (C=O) groups excluding carboxylic acids is 1. The third-order valence-corrected chi connectivity index (χ3v) is 4.36. The fraction of sp³-hybridized carbons (Fsp3) is 0.400. The molecule has 0 radical (unpaired) electrons. The molecule has 1 amide bonds. The summed E-state index contributed by atoms with van der Waals surface area (Å²) < 4.78 is 6.60. The minimum Gasteiger partial charge on any atom is -0.451 e. The standard InChI is InChI=1S/C15H16BrNO3/c1-9-4-11(16)5-10-6-12(20-13(9)10)14(19)17-7-15(8-18)2-3-15/h4-6,18H,2-3,7-8H2,1H3,(H,17,19). The zero-order valence-electron chi connectivity index (χ0n) is 11.2. The normalized spacial score (nSPS) is 16.4. The molecular formula is C15H16BrNO3. The van der Waals surface area contributed by atoms with Gasteiger partial charge in [0.1, 0.15) is 5.58 Å². The molecule has 0 aliphatic heterocycles. The van der Waals surface area contributed by atoms with Gasteiger partial charge in [0.15, 0.2) is 5.76 Å². The zero-order chi connectivity index (χ0) is 14.3. The Morgan fingerprint density at radius 2 is 2.20 bits per heavy atom. The highest BCUT2D eigenvalue weighted by Crippen LogP contribution is 2.44. The molecule has 1 aliphatic rings. The fourth-order valence-corrected chi connectivity index (χ4v) is 2.91. The van der Waals surface area contributed by atoms with Gasteiger partial charge in [0.25, 0.3) is 5.91 Å². The number of halogens is 1. The van der Waals surface area contributed by atoms with E-state index in [-0.39, 0.29) is 17.9 Å². The van der Waals surface area contributed by atoms with Crippen LogP contribution in [-0.2, 0) is 0 Å². The van der Waals surface area contributed by atoms with Crippen molar-refractivity contribution in [3.05, 3.63) is 34.0 Å². The van der Waals surface area contributed by atoms with Gasteiger partial charge in [0, 0.05) is 21.8 Å². The highest BCUT2D eigenvalue weighted by molar-refractivity contribution is 9.10. The van der Waals surface area contributed by atoms with Crippen LogP contribution in [0.25, 0.3) is 11.0 Å². The summed E-state index contributed by atoms with van der Waals surface area (Å²) in [6.07, 6.45) is 1.94. The first kappa shape index (κ1) is 13.6. The molecule has 5 heteroatoms. The number of hydrogen-bond donors (Lipinski definition) is 2. The number of furan rings is 1. The fourth-order valence-electron chi connectivity index (χ4n) is 2.32. The van der Waals surface area contributed by atoms with Crippen LogP contribution >= 0.6 is 15.9 Å². The number of aliphatic hydroxyl groups excluding tert-OH is 1. The van der Waals surface area contributed by atoms with Crippen LogP contribution in [-0.4, -0.2) is 24.2 Å². The van der Waals surface area contributed by atoms with Crippen LogP contribution in [0, 0.1) is 12.3 Å². The number of aryl methyl sites for hydroxylation is 1. The second-order valence-electron chi connectivity index (χ2n) is 5.59. The molecule has 1 saturated carbocycles. The summed E-state index contributed by atoms with van der Waals surface area (Å²) in [5, 5.41) is 13.0. The molecule has 1 aromatic heterocycles. The van der Waals surface area contributed by atoms with Crippen LogP contribution in [0.1, 0.15) is 29.0 Å². The molecule has 1 heterocycles. The number of benzene rings is 1. The van der Waals surface area contributed by atoms with Crippen molar-refractivity contribution in [1.29, 1.82) is 0 Å². The van der Waals surface area contributed by atoms with Gasteiger partial charge in [-0.05, 0) is 43.5 Å². The Labute approximate surface area is 125 Å². The average Bonchev–Trinajstić information content (AvgIpc) is 3.07. The Hall–Kier alpha value is -1.33. The van der Waals surface area contributed by atoms with Gasteiger partial charge in [-0.3, -0.25) is 4.79 Å². The van der Waals surface area contributed by atoms with Crippen molar-refractivity contribution in [3.8, 4) is 0 Å². The molecule has 4 nitrogen and oxygen atoms in total. The van der Waals surface area contributed by atoms with Gasteiger partial charge in [-0.2, -0.15) is 0 Å². The predicted octanol–water partition coefficient (Wildman–Crippen LogP) is 3.01. The van der Waals surface area contributed by atoms with Gasteiger partial charge < -0.3 is 14.8 Å². The quantitative estimate of drug-likeness (QED) is 0.901. The lowest BCUT2D eigenvalue weighted by Crippen LogP contribution is -2.31. The van der Waals surface area contributed by atoms with Crippen LogP contribution in [0.4, 0.5) is 0 Å². The number of rotatable bonds is 4. The molecule has 0 spiro atoms. The number of fused-ring (bicyclic) bond motifs is 1. The molecule has 2 N–H and O–H groups in total. The topological polar surface area (TPSA) is 62.5 Å². The Morgan fingerprint density at radius 1 is 1.45 bits per heavy atom. The van der Waals surface area contributed by atoms with E-state index in [9.17, 15) is 9.90 Å². The van der Waals surface area contributed by atoms with Crippen molar-refractivity contribution in [3.63, 3.8) is 0 Å². The van der Waals surface area contributed by atoms with Gasteiger partial charge in [-0.1, -0.05) is 15.9 Å². The van der Waals surface area contributed by atoms with E-state index in [0.29, 0.717) is 12.3 Å². The van der Waals surface area contributed by atoms with E-state index >= 15 is 0 Å². The largest absolute Gasteiger partial charge is 0.451 e. The SMILES string of the molecule is Cc1cc(Br)cc2cc(C(=O)NCC3(CO)CC3)oc12. The Balaban J connectivity index is 1.79. The van der Waals surface area contributed by atoms with E-state index in [0.717, 1.165) is 33.8 Å². The van der Waals surface area contributed by atoms with Gasteiger partial charge in [0.05, 0.1) is 6.61 Å². The number of hydrogen-bond acceptors (Lipinski definition) is 3. The van der Waals surface area contributed by atoms with E-state index in [2.05, 4.69) is 21.2 Å². The van der Waals surface area contributed by atoms with Gasteiger partial charge in [-0.15, -0.1) is 0 Å². The van der Waals surface area contributed by atoms with Gasteiger partial charge >= 0.3 is 0 Å². The molecular weight excluding hydrogens is 322 g/mol. The number of amides is 1. The summed E-state index contributed by atoms with van der Waals surface area (Å²) in [4.78, 5) is 12.1. The van der Waals surface area contributed by atoms with Crippen LogP contribution < -0.4 is 5.32 Å². The summed E-state index contributed by atoms with van der Waals surface area (Å²) in [6.45, 7) is 2.57. The van der Waals surface area contributed by atoms with E-state index in [1.165, 1.54) is 0 Å². The number of nitrogens with one attached hydrogen (secondary N) is 1. The van der Waals surface area contributed by atoms with Crippen molar-refractivity contribution in [2.24, 2.45) is 5.41 Å². The summed E-state index contributed by atoms with van der Waals surface area (Å²) in [5.74, 6) is 0.0892. The van der Waals surface area contributed by atoms with Crippen molar-refractivity contribution in [2.75, 3.05) is 13.2 Å². The number of carbonyl (C=O) groups is 1. The minimum atomic E-state index is -0.226. The van der Waals surface area contributed by atoms with E-state index < -0.39 is 0 Å². The first-order chi connectivity index (χ1) is 9.53. The molecule has 2 aromatic rings. The monoisotopic (exact) mass is 337 g/mol. The maximum atomic E-state index is 12.1. The lowest BCUT2D eigenvalue weighted by molar-refractivity contribution is 0.0909. The van der Waals surface area contributed by atoms with Crippen LogP contribution in [0.3, 0.4) is 0 Å². The highest BCUT2D eigenvalue weighted by Gasteiger charge is 2.42. The minimum absolute atomic E-state index is 0.0966. The molecule has 1 fully saturated rings. The maximum Gasteiger partial charge on any atom is 0.287 e. The molecule has 0 bridgehead atoms. The highest BCUT2D eigenvalue weighted by atomic mass is 79.9. The van der Waals surface area contributed by atoms with Crippen LogP contribution in [0.2, 0.25) is 0 Å². The molecule has 1 aliphatic carbocycles. The summed E-state index contributed by atoms with van der Waals surface area (Å²) in [7, 11) is 0.